The highest BCUT2D eigenvalue weighted by molar-refractivity contribution is 7.89. The minimum absolute atomic E-state index is 0.0405. The van der Waals surface area contributed by atoms with Crippen LogP contribution >= 0.6 is 0 Å². The predicted molar refractivity (Wildman–Crippen MR) is 98.3 cm³/mol. The first-order valence-electron chi connectivity index (χ1n) is 8.60. The van der Waals surface area contributed by atoms with Gasteiger partial charge < -0.3 is 9.73 Å². The van der Waals surface area contributed by atoms with Crippen LogP contribution in [0.3, 0.4) is 0 Å². The zero-order chi connectivity index (χ0) is 18.8. The Hall–Kier alpha value is -1.86. The third-order valence-electron chi connectivity index (χ3n) is 4.45. The summed E-state index contributed by atoms with van der Waals surface area (Å²) in [6, 6.07) is 4.76. The third kappa shape index (κ3) is 3.72. The van der Waals surface area contributed by atoms with Crippen molar-refractivity contribution in [3.05, 3.63) is 29.5 Å². The van der Waals surface area contributed by atoms with Gasteiger partial charge in [0.1, 0.15) is 5.58 Å². The molecule has 1 amide bonds. The summed E-state index contributed by atoms with van der Waals surface area (Å²) >= 11 is 0. The standard InChI is InChI=1S/C18H26N2O4S/c1-6-12(4)19-18(21)17-13(5)15-11-14(9-10-16(15)24-17)25(22,23)20(7-2)8-3/h9-12H,6-8H2,1-5H3,(H,19,21)/t12-/m1/s1. The lowest BCUT2D eigenvalue weighted by molar-refractivity contribution is 0.0912. The Morgan fingerprint density at radius 1 is 1.24 bits per heavy atom. The van der Waals surface area contributed by atoms with Crippen LogP contribution in [0.5, 0.6) is 0 Å². The molecule has 138 valence electrons. The summed E-state index contributed by atoms with van der Waals surface area (Å²) in [4.78, 5) is 12.6. The molecule has 1 atom stereocenters. The van der Waals surface area contributed by atoms with Crippen molar-refractivity contribution in [2.45, 2.75) is 52.0 Å². The van der Waals surface area contributed by atoms with Gasteiger partial charge in [0.15, 0.2) is 5.76 Å². The van der Waals surface area contributed by atoms with Crippen LogP contribution in [0.1, 0.15) is 50.2 Å². The molecule has 2 aromatic rings. The Kier molecular flexibility index (Phi) is 5.90. The zero-order valence-electron chi connectivity index (χ0n) is 15.4. The number of carbonyl (C=O) groups excluding carboxylic acids is 1. The second-order valence-electron chi connectivity index (χ2n) is 6.09. The van der Waals surface area contributed by atoms with Gasteiger partial charge in [0, 0.05) is 30.1 Å². The average molecular weight is 366 g/mol. The first-order valence-corrected chi connectivity index (χ1v) is 10.0. The lowest BCUT2D eigenvalue weighted by Crippen LogP contribution is -2.32. The third-order valence-corrected chi connectivity index (χ3v) is 6.49. The lowest BCUT2D eigenvalue weighted by atomic mass is 10.1. The fourth-order valence-corrected chi connectivity index (χ4v) is 4.17. The van der Waals surface area contributed by atoms with E-state index < -0.39 is 10.0 Å². The molecule has 1 aromatic heterocycles. The number of hydrogen-bond acceptors (Lipinski definition) is 4. The normalized spacial score (nSPS) is 13.4. The van der Waals surface area contributed by atoms with Crippen molar-refractivity contribution in [1.29, 1.82) is 0 Å². The van der Waals surface area contributed by atoms with Crippen LogP contribution in [0.15, 0.2) is 27.5 Å². The van der Waals surface area contributed by atoms with Gasteiger partial charge in [-0.3, -0.25) is 4.79 Å². The number of sulfonamides is 1. The van der Waals surface area contributed by atoms with E-state index in [1.807, 2.05) is 13.8 Å². The van der Waals surface area contributed by atoms with Crippen molar-refractivity contribution in [3.8, 4) is 0 Å². The molecule has 0 aliphatic carbocycles. The maximum Gasteiger partial charge on any atom is 0.287 e. The van der Waals surface area contributed by atoms with Crippen LogP contribution in [0.4, 0.5) is 0 Å². The number of hydrogen-bond donors (Lipinski definition) is 1. The van der Waals surface area contributed by atoms with Gasteiger partial charge >= 0.3 is 0 Å². The Morgan fingerprint density at radius 3 is 2.44 bits per heavy atom. The number of benzene rings is 1. The smallest absolute Gasteiger partial charge is 0.287 e. The molecule has 6 nitrogen and oxygen atoms in total. The minimum Gasteiger partial charge on any atom is -0.451 e. The molecule has 0 unspecified atom stereocenters. The largest absolute Gasteiger partial charge is 0.451 e. The van der Waals surface area contributed by atoms with E-state index in [0.717, 1.165) is 6.42 Å². The van der Waals surface area contributed by atoms with Gasteiger partial charge in [-0.15, -0.1) is 0 Å². The van der Waals surface area contributed by atoms with E-state index in [1.54, 1.807) is 32.9 Å². The van der Waals surface area contributed by atoms with Gasteiger partial charge in [0.25, 0.3) is 5.91 Å². The first kappa shape index (κ1) is 19.5. The Bertz CT molecular complexity index is 867. The fraction of sp³-hybridized carbons (Fsp3) is 0.500. The maximum atomic E-state index is 12.7. The minimum atomic E-state index is -3.55. The molecule has 25 heavy (non-hydrogen) atoms. The highest BCUT2D eigenvalue weighted by Crippen LogP contribution is 2.29. The van der Waals surface area contributed by atoms with Crippen LogP contribution in [0.25, 0.3) is 11.0 Å². The Balaban J connectivity index is 2.48. The molecule has 1 heterocycles. The van der Waals surface area contributed by atoms with E-state index in [0.29, 0.717) is 29.6 Å². The highest BCUT2D eigenvalue weighted by Gasteiger charge is 2.24. The number of nitrogens with one attached hydrogen (secondary N) is 1. The Labute approximate surface area is 149 Å². The summed E-state index contributed by atoms with van der Waals surface area (Å²) in [6.07, 6.45) is 0.817. The average Bonchev–Trinajstić information content (AvgIpc) is 2.92. The molecule has 0 radical (unpaired) electrons. The van der Waals surface area contributed by atoms with Crippen LogP contribution in [0.2, 0.25) is 0 Å². The Morgan fingerprint density at radius 2 is 1.88 bits per heavy atom. The topological polar surface area (TPSA) is 79.6 Å². The maximum absolute atomic E-state index is 12.7. The molecule has 7 heteroatoms. The zero-order valence-corrected chi connectivity index (χ0v) is 16.2. The van der Waals surface area contributed by atoms with E-state index in [4.69, 9.17) is 4.42 Å². The van der Waals surface area contributed by atoms with Crippen LogP contribution in [-0.2, 0) is 10.0 Å². The van der Waals surface area contributed by atoms with E-state index >= 15 is 0 Å². The van der Waals surface area contributed by atoms with Crippen molar-refractivity contribution in [2.24, 2.45) is 0 Å². The van der Waals surface area contributed by atoms with Crippen LogP contribution in [0, 0.1) is 6.92 Å². The molecule has 2 rings (SSSR count). The van der Waals surface area contributed by atoms with E-state index in [2.05, 4.69) is 5.32 Å². The molecule has 0 saturated heterocycles. The second kappa shape index (κ2) is 7.58. The molecular formula is C18H26N2O4S. The molecule has 1 N–H and O–H groups in total. The van der Waals surface area contributed by atoms with Gasteiger partial charge in [0.2, 0.25) is 10.0 Å². The first-order chi connectivity index (χ1) is 11.8. The molecule has 0 bridgehead atoms. The predicted octanol–water partition coefficient (Wildman–Crippen LogP) is 3.30. The van der Waals surface area contributed by atoms with Gasteiger partial charge in [0.05, 0.1) is 4.90 Å². The number of nitrogens with zero attached hydrogens (tertiary/aromatic N) is 1. The van der Waals surface area contributed by atoms with Gasteiger partial charge in [-0.25, -0.2) is 8.42 Å². The van der Waals surface area contributed by atoms with Crippen molar-refractivity contribution >= 4 is 26.9 Å². The van der Waals surface area contributed by atoms with Crippen molar-refractivity contribution < 1.29 is 17.6 Å². The molecule has 1 aromatic carbocycles. The van der Waals surface area contributed by atoms with E-state index in [-0.39, 0.29) is 22.6 Å². The van der Waals surface area contributed by atoms with Crippen molar-refractivity contribution in [2.75, 3.05) is 13.1 Å². The summed E-state index contributed by atoms with van der Waals surface area (Å²) in [7, 11) is -3.55. The second-order valence-corrected chi connectivity index (χ2v) is 8.02. The van der Waals surface area contributed by atoms with Crippen LogP contribution in [-0.4, -0.2) is 37.8 Å². The summed E-state index contributed by atoms with van der Waals surface area (Å²) in [5, 5.41) is 3.51. The van der Waals surface area contributed by atoms with Crippen LogP contribution < -0.4 is 5.32 Å². The molecule has 0 aliphatic rings. The number of furan rings is 1. The summed E-state index contributed by atoms with van der Waals surface area (Å²) in [5.41, 5.74) is 1.15. The monoisotopic (exact) mass is 366 g/mol. The van der Waals surface area contributed by atoms with E-state index in [9.17, 15) is 13.2 Å². The number of aryl methyl sites for hydroxylation is 1. The van der Waals surface area contributed by atoms with Gasteiger partial charge in [-0.2, -0.15) is 4.31 Å². The molecule has 0 fully saturated rings. The molecule has 0 spiro atoms. The number of rotatable bonds is 7. The lowest BCUT2D eigenvalue weighted by Gasteiger charge is -2.18. The van der Waals surface area contributed by atoms with Crippen molar-refractivity contribution in [3.63, 3.8) is 0 Å². The summed E-state index contributed by atoms with van der Waals surface area (Å²) < 4.78 is 32.5. The number of carbonyl (C=O) groups is 1. The fourth-order valence-electron chi connectivity index (χ4n) is 2.68. The molecule has 0 aliphatic heterocycles. The highest BCUT2D eigenvalue weighted by atomic mass is 32.2. The van der Waals surface area contributed by atoms with E-state index in [1.165, 1.54) is 10.4 Å². The van der Waals surface area contributed by atoms with Crippen molar-refractivity contribution in [1.82, 2.24) is 9.62 Å². The SMILES string of the molecule is CC[C@@H](C)NC(=O)c1oc2ccc(S(=O)(=O)N(CC)CC)cc2c1C. The number of amides is 1. The summed E-state index contributed by atoms with van der Waals surface area (Å²) in [6.45, 7) is 10.1. The van der Waals surface area contributed by atoms with Gasteiger partial charge in [-0.1, -0.05) is 20.8 Å². The number of fused-ring (bicyclic) bond motifs is 1. The summed E-state index contributed by atoms with van der Waals surface area (Å²) in [5.74, 6) is -0.0520. The molecule has 0 saturated carbocycles. The quantitative estimate of drug-likeness (QED) is 0.815. The molecular weight excluding hydrogens is 340 g/mol. The van der Waals surface area contributed by atoms with Gasteiger partial charge in [-0.05, 0) is 38.5 Å².